The van der Waals surface area contributed by atoms with Crippen LogP contribution in [0.25, 0.3) is 0 Å². The van der Waals surface area contributed by atoms with Crippen LogP contribution in [0.2, 0.25) is 0 Å². The molecular weight excluding hydrogens is 124 g/mol. The zero-order chi connectivity index (χ0) is 7.40. The summed E-state index contributed by atoms with van der Waals surface area (Å²) in [5.74, 6) is 0. The van der Waals surface area contributed by atoms with Crippen molar-refractivity contribution in [1.82, 2.24) is 10.2 Å². The standard InChI is InChI=1S/C8H18N2/c1-9-7-8-5-3-4-6-10(8)2/h8-9H,3-7H2,1-2H3/t8-/m1/s1. The molecule has 0 bridgehead atoms. The van der Waals surface area contributed by atoms with Gasteiger partial charge in [0.25, 0.3) is 0 Å². The molecule has 1 aliphatic heterocycles. The van der Waals surface area contributed by atoms with Crippen molar-refractivity contribution in [1.29, 1.82) is 0 Å². The van der Waals surface area contributed by atoms with Gasteiger partial charge in [0.2, 0.25) is 0 Å². The zero-order valence-corrected chi connectivity index (χ0v) is 7.06. The third kappa shape index (κ3) is 1.96. The van der Waals surface area contributed by atoms with Gasteiger partial charge in [0, 0.05) is 12.6 Å². The Balaban J connectivity index is 2.25. The average Bonchev–Trinajstić information content (AvgIpc) is 1.94. The van der Waals surface area contributed by atoms with Gasteiger partial charge < -0.3 is 10.2 Å². The van der Waals surface area contributed by atoms with Crippen molar-refractivity contribution in [2.24, 2.45) is 0 Å². The van der Waals surface area contributed by atoms with Crippen molar-refractivity contribution >= 4 is 0 Å². The smallest absolute Gasteiger partial charge is 0.0217 e. The molecule has 0 aromatic heterocycles. The predicted molar refractivity (Wildman–Crippen MR) is 44.2 cm³/mol. The Kier molecular flexibility index (Phi) is 3.16. The molecule has 1 heterocycles. The number of nitrogens with one attached hydrogen (secondary N) is 1. The van der Waals surface area contributed by atoms with Gasteiger partial charge in [0.15, 0.2) is 0 Å². The molecule has 1 fully saturated rings. The van der Waals surface area contributed by atoms with E-state index in [1.54, 1.807) is 0 Å². The summed E-state index contributed by atoms with van der Waals surface area (Å²) >= 11 is 0. The molecule has 0 saturated carbocycles. The van der Waals surface area contributed by atoms with Gasteiger partial charge in [-0.3, -0.25) is 0 Å². The van der Waals surface area contributed by atoms with E-state index in [0.29, 0.717) is 0 Å². The third-order valence-electron chi connectivity index (χ3n) is 2.36. The van der Waals surface area contributed by atoms with Crippen LogP contribution in [0.5, 0.6) is 0 Å². The van der Waals surface area contributed by atoms with Gasteiger partial charge >= 0.3 is 0 Å². The molecule has 10 heavy (non-hydrogen) atoms. The number of rotatable bonds is 2. The SMILES string of the molecule is CNC[C@H]1CCCCN1C. The predicted octanol–water partition coefficient (Wildman–Crippen LogP) is 0.690. The maximum Gasteiger partial charge on any atom is 0.0217 e. The Morgan fingerprint density at radius 1 is 1.50 bits per heavy atom. The molecule has 0 radical (unpaired) electrons. The van der Waals surface area contributed by atoms with Crippen molar-refractivity contribution in [2.45, 2.75) is 25.3 Å². The fourth-order valence-corrected chi connectivity index (χ4v) is 1.64. The minimum atomic E-state index is 0.791. The number of nitrogens with zero attached hydrogens (tertiary/aromatic N) is 1. The van der Waals surface area contributed by atoms with Gasteiger partial charge in [0.1, 0.15) is 0 Å². The van der Waals surface area contributed by atoms with Crippen LogP contribution in [-0.4, -0.2) is 38.1 Å². The molecule has 2 heteroatoms. The Bertz CT molecular complexity index is 91.3. The van der Waals surface area contributed by atoms with Crippen molar-refractivity contribution in [3.8, 4) is 0 Å². The summed E-state index contributed by atoms with van der Waals surface area (Å²) in [5, 5.41) is 3.23. The molecule has 1 N–H and O–H groups in total. The maximum atomic E-state index is 3.23. The van der Waals surface area contributed by atoms with E-state index >= 15 is 0 Å². The molecule has 2 nitrogen and oxygen atoms in total. The second kappa shape index (κ2) is 3.94. The van der Waals surface area contributed by atoms with Crippen LogP contribution in [0.3, 0.4) is 0 Å². The van der Waals surface area contributed by atoms with Gasteiger partial charge in [0.05, 0.1) is 0 Å². The third-order valence-corrected chi connectivity index (χ3v) is 2.36. The second-order valence-corrected chi connectivity index (χ2v) is 3.19. The summed E-state index contributed by atoms with van der Waals surface area (Å²) in [7, 11) is 4.25. The first-order valence-electron chi connectivity index (χ1n) is 4.19. The summed E-state index contributed by atoms with van der Waals surface area (Å²) < 4.78 is 0. The van der Waals surface area contributed by atoms with E-state index in [-0.39, 0.29) is 0 Å². The lowest BCUT2D eigenvalue weighted by molar-refractivity contribution is 0.184. The molecule has 0 unspecified atom stereocenters. The molecule has 1 saturated heterocycles. The molecule has 1 aliphatic rings. The van der Waals surface area contributed by atoms with E-state index in [1.165, 1.54) is 25.8 Å². The lowest BCUT2D eigenvalue weighted by Crippen LogP contribution is -2.42. The normalized spacial score (nSPS) is 28.8. The lowest BCUT2D eigenvalue weighted by Gasteiger charge is -2.32. The number of piperidine rings is 1. The van der Waals surface area contributed by atoms with E-state index in [2.05, 4.69) is 17.3 Å². The van der Waals surface area contributed by atoms with E-state index < -0.39 is 0 Å². The highest BCUT2D eigenvalue weighted by molar-refractivity contribution is 4.74. The summed E-state index contributed by atoms with van der Waals surface area (Å²) in [5.41, 5.74) is 0. The van der Waals surface area contributed by atoms with E-state index in [4.69, 9.17) is 0 Å². The monoisotopic (exact) mass is 142 g/mol. The molecule has 1 atom stereocenters. The number of likely N-dealkylation sites (tertiary alicyclic amines) is 1. The van der Waals surface area contributed by atoms with E-state index in [0.717, 1.165) is 12.6 Å². The summed E-state index contributed by atoms with van der Waals surface area (Å²) in [6.45, 7) is 2.43. The minimum Gasteiger partial charge on any atom is -0.318 e. The van der Waals surface area contributed by atoms with Gasteiger partial charge in [-0.25, -0.2) is 0 Å². The molecular formula is C8H18N2. The lowest BCUT2D eigenvalue weighted by atomic mass is 10.0. The molecule has 0 spiro atoms. The fourth-order valence-electron chi connectivity index (χ4n) is 1.64. The van der Waals surface area contributed by atoms with Crippen molar-refractivity contribution in [3.63, 3.8) is 0 Å². The molecule has 1 rings (SSSR count). The highest BCUT2D eigenvalue weighted by atomic mass is 15.1. The van der Waals surface area contributed by atoms with Gasteiger partial charge in [-0.05, 0) is 33.5 Å². The average molecular weight is 142 g/mol. The first-order chi connectivity index (χ1) is 4.84. The highest BCUT2D eigenvalue weighted by Crippen LogP contribution is 2.13. The fraction of sp³-hybridized carbons (Fsp3) is 1.00. The number of hydrogen-bond acceptors (Lipinski definition) is 2. The summed E-state index contributed by atoms with van der Waals surface area (Å²) in [6.07, 6.45) is 4.17. The first kappa shape index (κ1) is 8.02. The van der Waals surface area contributed by atoms with Crippen molar-refractivity contribution in [2.75, 3.05) is 27.2 Å². The van der Waals surface area contributed by atoms with Crippen LogP contribution in [0.1, 0.15) is 19.3 Å². The van der Waals surface area contributed by atoms with Crippen molar-refractivity contribution in [3.05, 3.63) is 0 Å². The topological polar surface area (TPSA) is 15.3 Å². The van der Waals surface area contributed by atoms with Gasteiger partial charge in [-0.2, -0.15) is 0 Å². The maximum absolute atomic E-state index is 3.23. The Morgan fingerprint density at radius 2 is 2.30 bits per heavy atom. The van der Waals surface area contributed by atoms with Gasteiger partial charge in [-0.15, -0.1) is 0 Å². The Labute approximate surface area is 63.6 Å². The molecule has 0 aliphatic carbocycles. The molecule has 0 amide bonds. The van der Waals surface area contributed by atoms with Crippen molar-refractivity contribution < 1.29 is 0 Å². The van der Waals surface area contributed by atoms with Crippen LogP contribution in [0.15, 0.2) is 0 Å². The van der Waals surface area contributed by atoms with Crippen LogP contribution in [-0.2, 0) is 0 Å². The van der Waals surface area contributed by atoms with Crippen LogP contribution in [0.4, 0.5) is 0 Å². The number of hydrogen-bond donors (Lipinski definition) is 1. The molecule has 0 aromatic rings. The molecule has 0 aromatic carbocycles. The first-order valence-corrected chi connectivity index (χ1v) is 4.19. The summed E-state index contributed by atoms with van der Waals surface area (Å²) in [6, 6.07) is 0.791. The van der Waals surface area contributed by atoms with E-state index in [1.807, 2.05) is 7.05 Å². The number of likely N-dealkylation sites (N-methyl/N-ethyl adjacent to an activating group) is 2. The second-order valence-electron chi connectivity index (χ2n) is 3.19. The van der Waals surface area contributed by atoms with E-state index in [9.17, 15) is 0 Å². The highest BCUT2D eigenvalue weighted by Gasteiger charge is 2.16. The minimum absolute atomic E-state index is 0.791. The zero-order valence-electron chi connectivity index (χ0n) is 7.06. The van der Waals surface area contributed by atoms with Crippen LogP contribution >= 0.6 is 0 Å². The Hall–Kier alpha value is -0.0800. The Morgan fingerprint density at radius 3 is 2.90 bits per heavy atom. The molecule has 60 valence electrons. The van der Waals surface area contributed by atoms with Crippen LogP contribution < -0.4 is 5.32 Å². The van der Waals surface area contributed by atoms with Gasteiger partial charge in [-0.1, -0.05) is 6.42 Å². The van der Waals surface area contributed by atoms with Crippen LogP contribution in [0, 0.1) is 0 Å². The quantitative estimate of drug-likeness (QED) is 0.610. The largest absolute Gasteiger partial charge is 0.318 e. The summed E-state index contributed by atoms with van der Waals surface area (Å²) in [4.78, 5) is 2.46.